The van der Waals surface area contributed by atoms with Crippen LogP contribution in [-0.4, -0.2) is 36.6 Å². The minimum absolute atomic E-state index is 0.187. The van der Waals surface area contributed by atoms with Crippen LogP contribution in [-0.2, 0) is 28.6 Å². The highest BCUT2D eigenvalue weighted by Crippen LogP contribution is 2.41. The van der Waals surface area contributed by atoms with E-state index < -0.39 is 28.9 Å². The van der Waals surface area contributed by atoms with Gasteiger partial charge in [-0.05, 0) is 5.56 Å². The van der Waals surface area contributed by atoms with Gasteiger partial charge in [0.25, 0.3) is 5.79 Å². The van der Waals surface area contributed by atoms with Gasteiger partial charge in [0.2, 0.25) is 0 Å². The van der Waals surface area contributed by atoms with Crippen molar-refractivity contribution < 1.29 is 28.6 Å². The predicted octanol–water partition coefficient (Wildman–Crippen LogP) is 2.48. The first-order valence-electron chi connectivity index (χ1n) is 7.53. The van der Waals surface area contributed by atoms with E-state index in [9.17, 15) is 14.4 Å². The highest BCUT2D eigenvalue weighted by molar-refractivity contribution is 7.99. The summed E-state index contributed by atoms with van der Waals surface area (Å²) in [6.07, 6.45) is 0.187. The lowest BCUT2D eigenvalue weighted by atomic mass is 9.97. The van der Waals surface area contributed by atoms with Crippen LogP contribution in [0.15, 0.2) is 30.3 Å². The molecule has 0 saturated carbocycles. The van der Waals surface area contributed by atoms with Crippen LogP contribution in [0.1, 0.15) is 31.1 Å². The van der Waals surface area contributed by atoms with Crippen molar-refractivity contribution in [2.24, 2.45) is 5.92 Å². The lowest BCUT2D eigenvalue weighted by molar-refractivity contribution is -0.239. The number of methoxy groups -OCH3 is 1. The molecule has 1 saturated heterocycles. The van der Waals surface area contributed by atoms with Crippen LogP contribution in [0.5, 0.6) is 0 Å². The van der Waals surface area contributed by atoms with Gasteiger partial charge in [-0.2, -0.15) is 11.8 Å². The average Bonchev–Trinajstić information content (AvgIpc) is 2.52. The first kappa shape index (κ1) is 18.3. The Balaban J connectivity index is 2.20. The van der Waals surface area contributed by atoms with E-state index in [4.69, 9.17) is 9.47 Å². The highest BCUT2D eigenvalue weighted by atomic mass is 32.2. The van der Waals surface area contributed by atoms with Gasteiger partial charge >= 0.3 is 17.9 Å². The molecule has 0 amide bonds. The molecule has 1 heterocycles. The Morgan fingerprint density at radius 1 is 1.21 bits per heavy atom. The number of thioether (sulfide) groups is 1. The van der Waals surface area contributed by atoms with Gasteiger partial charge in [-0.1, -0.05) is 30.3 Å². The molecule has 130 valence electrons. The molecule has 7 heteroatoms. The molecule has 24 heavy (non-hydrogen) atoms. The van der Waals surface area contributed by atoms with Crippen LogP contribution < -0.4 is 0 Å². The van der Waals surface area contributed by atoms with Gasteiger partial charge < -0.3 is 14.2 Å². The number of cyclic esters (lactones) is 2. The van der Waals surface area contributed by atoms with E-state index in [0.717, 1.165) is 5.56 Å². The van der Waals surface area contributed by atoms with Crippen molar-refractivity contribution in [3.63, 3.8) is 0 Å². The molecule has 0 spiro atoms. The number of esters is 3. The summed E-state index contributed by atoms with van der Waals surface area (Å²) in [5.41, 5.74) is 0.797. The van der Waals surface area contributed by atoms with E-state index >= 15 is 0 Å². The van der Waals surface area contributed by atoms with Crippen LogP contribution in [0.3, 0.4) is 0 Å². The van der Waals surface area contributed by atoms with Gasteiger partial charge in [0.15, 0.2) is 5.92 Å². The normalized spacial score (nSPS) is 18.5. The summed E-state index contributed by atoms with van der Waals surface area (Å²) < 4.78 is 15.1. The van der Waals surface area contributed by atoms with Gasteiger partial charge in [-0.15, -0.1) is 0 Å². The Hall–Kier alpha value is -2.02. The number of hydrogen-bond acceptors (Lipinski definition) is 7. The van der Waals surface area contributed by atoms with E-state index in [1.165, 1.54) is 32.7 Å². The lowest BCUT2D eigenvalue weighted by Gasteiger charge is -2.35. The first-order chi connectivity index (χ1) is 11.3. The molecule has 1 fully saturated rings. The smallest absolute Gasteiger partial charge is 0.325 e. The molecule has 1 unspecified atom stereocenters. The number of rotatable bonds is 6. The zero-order chi connectivity index (χ0) is 17.7. The maximum absolute atomic E-state index is 12.4. The van der Waals surface area contributed by atoms with E-state index in [1.807, 2.05) is 30.3 Å². The summed E-state index contributed by atoms with van der Waals surface area (Å²) in [6, 6.07) is 9.16. The molecular formula is C17H20O6S. The third-order valence-corrected chi connectivity index (χ3v) is 4.81. The Bertz CT molecular complexity index is 593. The van der Waals surface area contributed by atoms with Gasteiger partial charge in [0, 0.05) is 19.6 Å². The third kappa shape index (κ3) is 4.50. The van der Waals surface area contributed by atoms with E-state index in [-0.39, 0.29) is 12.4 Å². The van der Waals surface area contributed by atoms with Crippen molar-refractivity contribution in [1.29, 1.82) is 0 Å². The maximum Gasteiger partial charge on any atom is 0.325 e. The Kier molecular flexibility index (Phi) is 5.88. The van der Waals surface area contributed by atoms with Crippen LogP contribution in [0.25, 0.3) is 0 Å². The van der Waals surface area contributed by atoms with Crippen molar-refractivity contribution in [1.82, 2.24) is 0 Å². The van der Waals surface area contributed by atoms with Crippen molar-refractivity contribution in [2.75, 3.05) is 12.9 Å². The van der Waals surface area contributed by atoms with Gasteiger partial charge in [-0.3, -0.25) is 14.4 Å². The summed E-state index contributed by atoms with van der Waals surface area (Å²) in [4.78, 5) is 36.0. The van der Waals surface area contributed by atoms with Crippen molar-refractivity contribution in [3.05, 3.63) is 35.9 Å². The number of benzene rings is 1. The summed E-state index contributed by atoms with van der Waals surface area (Å²) in [5.74, 6) is -3.49. The second-order valence-corrected chi connectivity index (χ2v) is 7.00. The van der Waals surface area contributed by atoms with Crippen LogP contribution in [0.4, 0.5) is 0 Å². The molecular weight excluding hydrogens is 332 g/mol. The standard InChI is InChI=1S/C17H20O6S/c1-17(2)22-15(19)13(16(20)23-17)14(11-7-5-4-6-8-11)24-10-9-12(18)21-3/h4-8,13-14H,9-10H2,1-3H3. The molecule has 2 rings (SSSR count). The molecule has 0 N–H and O–H groups in total. The summed E-state index contributed by atoms with van der Waals surface area (Å²) in [7, 11) is 1.32. The molecule has 1 atom stereocenters. The third-order valence-electron chi connectivity index (χ3n) is 3.46. The number of carbonyl (C=O) groups is 3. The fourth-order valence-electron chi connectivity index (χ4n) is 2.37. The molecule has 0 aromatic heterocycles. The van der Waals surface area contributed by atoms with Crippen LogP contribution >= 0.6 is 11.8 Å². The number of hydrogen-bond donors (Lipinski definition) is 0. The van der Waals surface area contributed by atoms with Crippen molar-refractivity contribution >= 4 is 29.7 Å². The predicted molar refractivity (Wildman–Crippen MR) is 88.0 cm³/mol. The van der Waals surface area contributed by atoms with E-state index in [1.54, 1.807) is 0 Å². The first-order valence-corrected chi connectivity index (χ1v) is 8.58. The summed E-state index contributed by atoms with van der Waals surface area (Å²) >= 11 is 1.33. The topological polar surface area (TPSA) is 78.9 Å². The Morgan fingerprint density at radius 3 is 2.33 bits per heavy atom. The zero-order valence-corrected chi connectivity index (χ0v) is 14.6. The molecule has 0 radical (unpaired) electrons. The minimum atomic E-state index is -1.26. The van der Waals surface area contributed by atoms with Crippen molar-refractivity contribution in [3.8, 4) is 0 Å². The molecule has 0 aliphatic carbocycles. The minimum Gasteiger partial charge on any atom is -0.469 e. The molecule has 1 aromatic rings. The second-order valence-electron chi connectivity index (χ2n) is 5.75. The summed E-state index contributed by atoms with van der Waals surface area (Å²) in [5, 5.41) is -0.494. The second kappa shape index (κ2) is 7.70. The Labute approximate surface area is 144 Å². The van der Waals surface area contributed by atoms with E-state index in [2.05, 4.69) is 4.74 Å². The fourth-order valence-corrected chi connectivity index (χ4v) is 3.68. The van der Waals surface area contributed by atoms with Gasteiger partial charge in [0.1, 0.15) is 0 Å². The lowest BCUT2D eigenvalue weighted by Crippen LogP contribution is -2.47. The van der Waals surface area contributed by atoms with Crippen LogP contribution in [0.2, 0.25) is 0 Å². The molecule has 6 nitrogen and oxygen atoms in total. The largest absolute Gasteiger partial charge is 0.469 e. The maximum atomic E-state index is 12.4. The number of ether oxygens (including phenoxy) is 3. The molecule has 1 aliphatic rings. The number of carbonyl (C=O) groups excluding carboxylic acids is 3. The zero-order valence-electron chi connectivity index (χ0n) is 13.8. The average molecular weight is 352 g/mol. The van der Waals surface area contributed by atoms with Gasteiger partial charge in [-0.25, -0.2) is 0 Å². The van der Waals surface area contributed by atoms with E-state index in [0.29, 0.717) is 5.75 Å². The molecule has 1 aliphatic heterocycles. The quantitative estimate of drug-likeness (QED) is 0.575. The van der Waals surface area contributed by atoms with Gasteiger partial charge in [0.05, 0.1) is 18.8 Å². The summed E-state index contributed by atoms with van der Waals surface area (Å²) in [6.45, 7) is 3.03. The highest BCUT2D eigenvalue weighted by Gasteiger charge is 2.47. The van der Waals surface area contributed by atoms with Crippen molar-refractivity contribution in [2.45, 2.75) is 31.3 Å². The Morgan fingerprint density at radius 2 is 1.79 bits per heavy atom. The van der Waals surface area contributed by atoms with Crippen LogP contribution in [0, 0.1) is 5.92 Å². The molecule has 1 aromatic carbocycles. The molecule has 0 bridgehead atoms. The monoisotopic (exact) mass is 352 g/mol. The fraction of sp³-hybridized carbons (Fsp3) is 0.471. The SMILES string of the molecule is COC(=O)CCSC(c1ccccc1)C1C(=O)OC(C)(C)OC1=O.